The van der Waals surface area contributed by atoms with Crippen LogP contribution in [0.15, 0.2) is 24.4 Å². The molecule has 1 aromatic heterocycles. The third-order valence-electron chi connectivity index (χ3n) is 3.46. The molecule has 2 aromatic rings. The molecule has 0 aliphatic heterocycles. The van der Waals surface area contributed by atoms with Crippen molar-refractivity contribution < 1.29 is 28.0 Å². The number of benzene rings is 1. The van der Waals surface area contributed by atoms with E-state index in [9.17, 15) is 23.7 Å². The number of hydrogen-bond acceptors (Lipinski definition) is 6. The summed E-state index contributed by atoms with van der Waals surface area (Å²) in [6, 6.07) is 3.36. The monoisotopic (exact) mass is 370 g/mol. The number of nitro groups is 1. The van der Waals surface area contributed by atoms with Gasteiger partial charge in [0, 0.05) is 0 Å². The fraction of sp³-hybridized carbons (Fsp3) is 0.333. The van der Waals surface area contributed by atoms with Gasteiger partial charge >= 0.3 is 18.2 Å². The maximum atomic E-state index is 12.5. The van der Waals surface area contributed by atoms with E-state index in [4.69, 9.17) is 4.74 Å². The molecule has 1 N–H and O–H groups in total. The average Bonchev–Trinajstić information content (AvgIpc) is 3.00. The molecular weight excluding hydrogens is 354 g/mol. The number of ether oxygens (including phenoxy) is 2. The lowest BCUT2D eigenvalue weighted by molar-refractivity contribution is -0.385. The topological polar surface area (TPSA) is 109 Å². The van der Waals surface area contributed by atoms with Gasteiger partial charge in [0.1, 0.15) is 18.0 Å². The molecule has 9 nitrogen and oxygen atoms in total. The summed E-state index contributed by atoms with van der Waals surface area (Å²) in [4.78, 5) is 22.7. The molecular formula is C15H16F2N4O5. The smallest absolute Gasteiger partial charge is 0.387 e. The predicted molar refractivity (Wildman–Crippen MR) is 86.6 cm³/mol. The summed E-state index contributed by atoms with van der Waals surface area (Å²) in [6.07, 6.45) is 1.05. The van der Waals surface area contributed by atoms with Gasteiger partial charge in [-0.15, -0.1) is 5.10 Å². The minimum atomic E-state index is -3.05. The molecule has 140 valence electrons. The van der Waals surface area contributed by atoms with Crippen molar-refractivity contribution >= 4 is 17.3 Å². The van der Waals surface area contributed by atoms with E-state index >= 15 is 0 Å². The number of alkyl halides is 2. The zero-order valence-electron chi connectivity index (χ0n) is 14.1. The molecule has 0 fully saturated rings. The second-order valence-electron chi connectivity index (χ2n) is 5.30. The van der Waals surface area contributed by atoms with Crippen LogP contribution in [0.3, 0.4) is 0 Å². The van der Waals surface area contributed by atoms with E-state index in [1.165, 1.54) is 26.2 Å². The van der Waals surface area contributed by atoms with E-state index in [-0.39, 0.29) is 17.3 Å². The van der Waals surface area contributed by atoms with Gasteiger partial charge in [-0.3, -0.25) is 14.9 Å². The molecule has 0 saturated carbocycles. The van der Waals surface area contributed by atoms with E-state index in [1.807, 2.05) is 0 Å². The maximum absolute atomic E-state index is 12.5. The lowest BCUT2D eigenvalue weighted by atomic mass is 10.2. The highest BCUT2D eigenvalue weighted by atomic mass is 19.3. The summed E-state index contributed by atoms with van der Waals surface area (Å²) in [7, 11) is 1.21. The van der Waals surface area contributed by atoms with Crippen molar-refractivity contribution in [3.05, 3.63) is 40.1 Å². The number of aryl methyl sites for hydroxylation is 1. The summed E-state index contributed by atoms with van der Waals surface area (Å²) in [5.74, 6) is -1.07. The van der Waals surface area contributed by atoms with Gasteiger partial charge in [0.2, 0.25) is 5.91 Å². The number of hydrogen-bond donors (Lipinski definition) is 1. The molecule has 1 unspecified atom stereocenters. The first-order valence-electron chi connectivity index (χ1n) is 7.36. The zero-order valence-corrected chi connectivity index (χ0v) is 14.1. The van der Waals surface area contributed by atoms with Crippen LogP contribution in [0.5, 0.6) is 11.6 Å². The first kappa shape index (κ1) is 19.1. The summed E-state index contributed by atoms with van der Waals surface area (Å²) in [5, 5.41) is 17.3. The van der Waals surface area contributed by atoms with Crippen LogP contribution in [-0.4, -0.2) is 34.3 Å². The first-order valence-corrected chi connectivity index (χ1v) is 7.36. The minimum Gasteiger partial charge on any atom is -0.475 e. The molecule has 1 amide bonds. The van der Waals surface area contributed by atoms with Crippen LogP contribution in [0.25, 0.3) is 0 Å². The van der Waals surface area contributed by atoms with Crippen molar-refractivity contribution in [3.8, 4) is 11.6 Å². The number of rotatable bonds is 7. The van der Waals surface area contributed by atoms with Gasteiger partial charge in [0.25, 0.3) is 0 Å². The van der Waals surface area contributed by atoms with Crippen LogP contribution in [0.2, 0.25) is 0 Å². The molecule has 26 heavy (non-hydrogen) atoms. The SMILES string of the molecule is COc1nn(C(C)C(=O)Nc2cc(C)ccc2OC(F)F)cc1[N+](=O)[O-]. The summed E-state index contributed by atoms with van der Waals surface area (Å²) in [5.41, 5.74) is 0.367. The molecule has 0 spiro atoms. The first-order chi connectivity index (χ1) is 12.2. The third kappa shape index (κ3) is 4.23. The van der Waals surface area contributed by atoms with Crippen LogP contribution >= 0.6 is 0 Å². The summed E-state index contributed by atoms with van der Waals surface area (Å²) >= 11 is 0. The Morgan fingerprint density at radius 2 is 2.12 bits per heavy atom. The van der Waals surface area contributed by atoms with Gasteiger partial charge in [0.15, 0.2) is 0 Å². The standard InChI is InChI=1S/C15H16F2N4O5/c1-8-4-5-12(26-15(16)17)10(6-8)18-13(22)9(2)20-7-11(21(23)24)14(19-20)25-3/h4-7,9,15H,1-3H3,(H,18,22). The second-order valence-corrected chi connectivity index (χ2v) is 5.30. The molecule has 0 radical (unpaired) electrons. The Bertz CT molecular complexity index is 824. The van der Waals surface area contributed by atoms with E-state index in [0.29, 0.717) is 5.56 Å². The van der Waals surface area contributed by atoms with Crippen molar-refractivity contribution in [2.75, 3.05) is 12.4 Å². The lowest BCUT2D eigenvalue weighted by Crippen LogP contribution is -2.24. The van der Waals surface area contributed by atoms with Crippen LogP contribution in [0.1, 0.15) is 18.5 Å². The molecule has 0 saturated heterocycles. The molecule has 1 atom stereocenters. The van der Waals surface area contributed by atoms with Crippen molar-refractivity contribution in [2.24, 2.45) is 0 Å². The molecule has 0 aliphatic rings. The molecule has 11 heteroatoms. The van der Waals surface area contributed by atoms with Gasteiger partial charge < -0.3 is 14.8 Å². The van der Waals surface area contributed by atoms with Gasteiger partial charge in [0.05, 0.1) is 17.7 Å². The Balaban J connectivity index is 2.25. The fourth-order valence-electron chi connectivity index (χ4n) is 2.13. The Labute approximate surface area is 146 Å². The number of carbonyl (C=O) groups is 1. The van der Waals surface area contributed by atoms with E-state index in [0.717, 1.165) is 10.9 Å². The maximum Gasteiger partial charge on any atom is 0.387 e. The summed E-state index contributed by atoms with van der Waals surface area (Å²) in [6.45, 7) is 0.103. The van der Waals surface area contributed by atoms with Crippen molar-refractivity contribution in [2.45, 2.75) is 26.5 Å². The normalized spacial score (nSPS) is 11.9. The third-order valence-corrected chi connectivity index (χ3v) is 3.46. The largest absolute Gasteiger partial charge is 0.475 e. The molecule has 0 aliphatic carbocycles. The number of carbonyl (C=O) groups excluding carboxylic acids is 1. The second kappa shape index (κ2) is 7.76. The highest BCUT2D eigenvalue weighted by Crippen LogP contribution is 2.29. The van der Waals surface area contributed by atoms with Crippen molar-refractivity contribution in [3.63, 3.8) is 0 Å². The Kier molecular flexibility index (Phi) is 5.70. The Morgan fingerprint density at radius 1 is 1.42 bits per heavy atom. The average molecular weight is 370 g/mol. The fourth-order valence-corrected chi connectivity index (χ4v) is 2.13. The van der Waals surface area contributed by atoms with Gasteiger partial charge in [-0.1, -0.05) is 6.07 Å². The molecule has 2 rings (SSSR count). The quantitative estimate of drug-likeness (QED) is 0.593. The van der Waals surface area contributed by atoms with Gasteiger partial charge in [-0.05, 0) is 31.5 Å². The number of methoxy groups -OCH3 is 1. The molecule has 1 heterocycles. The molecule has 0 bridgehead atoms. The number of halogens is 2. The van der Waals surface area contributed by atoms with Crippen LogP contribution in [0, 0.1) is 17.0 Å². The summed E-state index contributed by atoms with van der Waals surface area (Å²) < 4.78 is 35.2. The highest BCUT2D eigenvalue weighted by molar-refractivity contribution is 5.94. The van der Waals surface area contributed by atoms with Crippen molar-refractivity contribution in [1.82, 2.24) is 9.78 Å². The van der Waals surface area contributed by atoms with E-state index in [1.54, 1.807) is 13.0 Å². The van der Waals surface area contributed by atoms with Crippen LogP contribution in [-0.2, 0) is 4.79 Å². The predicted octanol–water partition coefficient (Wildman–Crippen LogP) is 2.91. The number of amides is 1. The van der Waals surface area contributed by atoms with E-state index in [2.05, 4.69) is 15.2 Å². The van der Waals surface area contributed by atoms with Gasteiger partial charge in [-0.2, -0.15) is 8.78 Å². The lowest BCUT2D eigenvalue weighted by Gasteiger charge is -2.15. The zero-order chi connectivity index (χ0) is 19.4. The van der Waals surface area contributed by atoms with Crippen LogP contribution < -0.4 is 14.8 Å². The number of anilines is 1. The Morgan fingerprint density at radius 3 is 2.65 bits per heavy atom. The number of aromatic nitrogens is 2. The van der Waals surface area contributed by atoms with Crippen molar-refractivity contribution in [1.29, 1.82) is 0 Å². The minimum absolute atomic E-state index is 0.0516. The number of nitrogens with one attached hydrogen (secondary N) is 1. The molecule has 1 aromatic carbocycles. The Hall–Kier alpha value is -3.24. The van der Waals surface area contributed by atoms with E-state index < -0.39 is 29.2 Å². The highest BCUT2D eigenvalue weighted by Gasteiger charge is 2.26. The van der Waals surface area contributed by atoms with Crippen LogP contribution in [0.4, 0.5) is 20.2 Å². The number of nitrogens with zero attached hydrogens (tertiary/aromatic N) is 3. The van der Waals surface area contributed by atoms with Gasteiger partial charge in [-0.25, -0.2) is 4.68 Å².